The molecular weight excluding hydrogens is 234 g/mol. The van der Waals surface area contributed by atoms with E-state index >= 15 is 0 Å². The van der Waals surface area contributed by atoms with E-state index in [0.29, 0.717) is 5.69 Å². The summed E-state index contributed by atoms with van der Waals surface area (Å²) in [5, 5.41) is 0. The molecule has 1 aromatic carbocycles. The topological polar surface area (TPSA) is 30.0 Å². The Morgan fingerprint density at radius 1 is 1.21 bits per heavy atom. The second-order valence-corrected chi connectivity index (χ2v) is 4.96. The molecule has 0 saturated heterocycles. The lowest BCUT2D eigenvalue weighted by molar-refractivity contribution is 0.103. The van der Waals surface area contributed by atoms with E-state index < -0.39 is 0 Å². The molecule has 1 heterocycles. The zero-order valence-corrected chi connectivity index (χ0v) is 11.7. The van der Waals surface area contributed by atoms with Gasteiger partial charge in [0, 0.05) is 11.8 Å². The molecular formula is C17H19NO. The number of benzene rings is 1. The van der Waals surface area contributed by atoms with Crippen LogP contribution >= 0.6 is 0 Å². The normalized spacial score (nSPS) is 10.5. The minimum Gasteiger partial charge on any atom is -0.287 e. The van der Waals surface area contributed by atoms with Crippen molar-refractivity contribution >= 4 is 5.78 Å². The van der Waals surface area contributed by atoms with E-state index in [9.17, 15) is 4.79 Å². The lowest BCUT2D eigenvalue weighted by atomic mass is 10.00. The van der Waals surface area contributed by atoms with E-state index in [1.807, 2.05) is 38.1 Å². The van der Waals surface area contributed by atoms with Crippen molar-refractivity contribution in [3.05, 3.63) is 64.5 Å². The van der Waals surface area contributed by atoms with E-state index in [1.165, 1.54) is 5.56 Å². The number of pyridine rings is 1. The first kappa shape index (κ1) is 13.5. The first-order valence-electron chi connectivity index (χ1n) is 6.68. The molecule has 2 nitrogen and oxygen atoms in total. The lowest BCUT2D eigenvalue weighted by Crippen LogP contribution is -2.07. The first-order chi connectivity index (χ1) is 9.11. The number of ketones is 1. The number of nitrogens with zero attached hydrogens (tertiary/aromatic N) is 1. The molecule has 0 radical (unpaired) electrons. The third-order valence-corrected chi connectivity index (χ3v) is 3.16. The minimum atomic E-state index is 0.00968. The summed E-state index contributed by atoms with van der Waals surface area (Å²) in [4.78, 5) is 16.8. The molecule has 0 aliphatic heterocycles. The molecule has 0 unspecified atom stereocenters. The Balaban J connectivity index is 2.35. The maximum atomic E-state index is 12.5. The van der Waals surface area contributed by atoms with E-state index in [4.69, 9.17) is 0 Å². The first-order valence-corrected chi connectivity index (χ1v) is 6.68. The Labute approximate surface area is 114 Å². The van der Waals surface area contributed by atoms with Gasteiger partial charge in [-0.1, -0.05) is 37.6 Å². The summed E-state index contributed by atoms with van der Waals surface area (Å²) in [6, 6.07) is 9.85. The van der Waals surface area contributed by atoms with Crippen molar-refractivity contribution in [2.24, 2.45) is 0 Å². The van der Waals surface area contributed by atoms with Crippen molar-refractivity contribution < 1.29 is 4.79 Å². The quantitative estimate of drug-likeness (QED) is 0.774. The van der Waals surface area contributed by atoms with Crippen LogP contribution in [0.2, 0.25) is 0 Å². The molecule has 1 aromatic heterocycles. The van der Waals surface area contributed by atoms with Crippen LogP contribution in [-0.2, 0) is 6.42 Å². The average molecular weight is 253 g/mol. The third kappa shape index (κ3) is 3.08. The number of carbonyl (C=O) groups excluding carboxylic acids is 1. The third-order valence-electron chi connectivity index (χ3n) is 3.16. The summed E-state index contributed by atoms with van der Waals surface area (Å²) < 4.78 is 0. The molecule has 2 rings (SSSR count). The molecule has 0 spiro atoms. The molecule has 0 fully saturated rings. The predicted octanol–water partition coefficient (Wildman–Crippen LogP) is 3.88. The Kier molecular flexibility index (Phi) is 4.10. The number of hydrogen-bond donors (Lipinski definition) is 0. The fraction of sp³-hybridized carbons (Fsp3) is 0.294. The number of hydrogen-bond acceptors (Lipinski definition) is 2. The largest absolute Gasteiger partial charge is 0.287 e. The maximum absolute atomic E-state index is 12.5. The monoisotopic (exact) mass is 253 g/mol. The highest BCUT2D eigenvalue weighted by Crippen LogP contribution is 2.15. The fourth-order valence-corrected chi connectivity index (χ4v) is 2.25. The molecule has 0 amide bonds. The lowest BCUT2D eigenvalue weighted by Gasteiger charge is -2.06. The SMILES string of the molecule is CCCc1cccc(C(=O)c2ncc(C)cc2C)c1. The standard InChI is InChI=1S/C17H19NO/c1-4-6-14-7-5-8-15(10-14)17(19)16-13(3)9-12(2)11-18-16/h5,7-11H,4,6H2,1-3H3. The summed E-state index contributed by atoms with van der Waals surface area (Å²) in [5.74, 6) is 0.00968. The number of aryl methyl sites for hydroxylation is 3. The zero-order chi connectivity index (χ0) is 13.8. The second-order valence-electron chi connectivity index (χ2n) is 4.96. The summed E-state index contributed by atoms with van der Waals surface area (Å²) in [5.41, 5.74) is 4.50. The van der Waals surface area contributed by atoms with Crippen molar-refractivity contribution in [1.29, 1.82) is 0 Å². The van der Waals surface area contributed by atoms with Gasteiger partial charge in [-0.15, -0.1) is 0 Å². The van der Waals surface area contributed by atoms with Crippen LogP contribution in [0.4, 0.5) is 0 Å². The molecule has 19 heavy (non-hydrogen) atoms. The molecule has 2 heteroatoms. The van der Waals surface area contributed by atoms with Crippen molar-refractivity contribution in [3.8, 4) is 0 Å². The van der Waals surface area contributed by atoms with E-state index in [0.717, 1.165) is 29.5 Å². The zero-order valence-electron chi connectivity index (χ0n) is 11.7. The number of aromatic nitrogens is 1. The van der Waals surface area contributed by atoms with Gasteiger partial charge in [-0.25, -0.2) is 0 Å². The Hall–Kier alpha value is -1.96. The van der Waals surface area contributed by atoms with Gasteiger partial charge in [0.25, 0.3) is 0 Å². The van der Waals surface area contributed by atoms with Crippen LogP contribution in [0.5, 0.6) is 0 Å². The van der Waals surface area contributed by atoms with Crippen molar-refractivity contribution in [3.63, 3.8) is 0 Å². The van der Waals surface area contributed by atoms with E-state index in [1.54, 1.807) is 6.20 Å². The van der Waals surface area contributed by atoms with Crippen LogP contribution in [0.15, 0.2) is 36.5 Å². The average Bonchev–Trinajstić information content (AvgIpc) is 2.39. The van der Waals surface area contributed by atoms with Gasteiger partial charge in [-0.05, 0) is 43.0 Å². The minimum absolute atomic E-state index is 0.00968. The maximum Gasteiger partial charge on any atom is 0.211 e. The van der Waals surface area contributed by atoms with Crippen molar-refractivity contribution in [2.45, 2.75) is 33.6 Å². The second kappa shape index (κ2) is 5.79. The van der Waals surface area contributed by atoms with Gasteiger partial charge < -0.3 is 0 Å². The highest BCUT2D eigenvalue weighted by Gasteiger charge is 2.13. The van der Waals surface area contributed by atoms with Crippen molar-refractivity contribution in [1.82, 2.24) is 4.98 Å². The van der Waals surface area contributed by atoms with E-state index in [2.05, 4.69) is 18.0 Å². The Morgan fingerprint density at radius 3 is 2.68 bits per heavy atom. The smallest absolute Gasteiger partial charge is 0.211 e. The molecule has 0 bridgehead atoms. The summed E-state index contributed by atoms with van der Waals surface area (Å²) in [6.07, 6.45) is 3.83. The van der Waals surface area contributed by atoms with Gasteiger partial charge in [0.2, 0.25) is 5.78 Å². The summed E-state index contributed by atoms with van der Waals surface area (Å²) >= 11 is 0. The Bertz CT molecular complexity index is 602. The summed E-state index contributed by atoms with van der Waals surface area (Å²) in [7, 11) is 0. The highest BCUT2D eigenvalue weighted by atomic mass is 16.1. The Morgan fingerprint density at radius 2 is 2.00 bits per heavy atom. The summed E-state index contributed by atoms with van der Waals surface area (Å²) in [6.45, 7) is 6.05. The van der Waals surface area contributed by atoms with Gasteiger partial charge in [0.1, 0.15) is 5.69 Å². The van der Waals surface area contributed by atoms with Gasteiger partial charge >= 0.3 is 0 Å². The van der Waals surface area contributed by atoms with E-state index in [-0.39, 0.29) is 5.78 Å². The van der Waals surface area contributed by atoms with Crippen LogP contribution in [0.3, 0.4) is 0 Å². The van der Waals surface area contributed by atoms with Crippen LogP contribution < -0.4 is 0 Å². The van der Waals surface area contributed by atoms with Crippen LogP contribution in [-0.4, -0.2) is 10.8 Å². The van der Waals surface area contributed by atoms with Crippen LogP contribution in [0, 0.1) is 13.8 Å². The molecule has 0 aliphatic carbocycles. The molecule has 0 aliphatic rings. The van der Waals surface area contributed by atoms with Gasteiger partial charge in [-0.2, -0.15) is 0 Å². The van der Waals surface area contributed by atoms with Crippen molar-refractivity contribution in [2.75, 3.05) is 0 Å². The van der Waals surface area contributed by atoms with Crippen LogP contribution in [0.25, 0.3) is 0 Å². The molecule has 0 atom stereocenters. The highest BCUT2D eigenvalue weighted by molar-refractivity contribution is 6.08. The molecule has 0 N–H and O–H groups in total. The van der Waals surface area contributed by atoms with Crippen LogP contribution in [0.1, 0.15) is 46.1 Å². The molecule has 98 valence electrons. The van der Waals surface area contributed by atoms with Gasteiger partial charge in [-0.3, -0.25) is 9.78 Å². The molecule has 0 saturated carbocycles. The molecule has 2 aromatic rings. The predicted molar refractivity (Wildman–Crippen MR) is 77.6 cm³/mol. The fourth-order valence-electron chi connectivity index (χ4n) is 2.25. The van der Waals surface area contributed by atoms with Gasteiger partial charge in [0.05, 0.1) is 0 Å². The number of rotatable bonds is 4. The number of carbonyl (C=O) groups is 1. The van der Waals surface area contributed by atoms with Gasteiger partial charge in [0.15, 0.2) is 0 Å².